The number of rotatable bonds is 4. The molecule has 0 spiro atoms. The minimum absolute atomic E-state index is 0.148. The summed E-state index contributed by atoms with van der Waals surface area (Å²) in [6, 6.07) is 3.49. The lowest BCUT2D eigenvalue weighted by atomic mass is 9.86. The lowest BCUT2D eigenvalue weighted by molar-refractivity contribution is 0.0353. The Labute approximate surface area is 198 Å². The molecule has 4 heterocycles. The van der Waals surface area contributed by atoms with Gasteiger partial charge in [-0.05, 0) is 49.1 Å². The van der Waals surface area contributed by atoms with Crippen LogP contribution in [0.2, 0.25) is 10.0 Å². The third-order valence-electron chi connectivity index (χ3n) is 6.18. The Balaban J connectivity index is 1.39. The van der Waals surface area contributed by atoms with Gasteiger partial charge in [-0.3, -0.25) is 4.90 Å². The van der Waals surface area contributed by atoms with E-state index < -0.39 is 12.3 Å². The molecule has 3 aromatic rings. The van der Waals surface area contributed by atoms with Gasteiger partial charge in [0.1, 0.15) is 11.2 Å². The van der Waals surface area contributed by atoms with Crippen LogP contribution in [-0.4, -0.2) is 69.0 Å². The van der Waals surface area contributed by atoms with Gasteiger partial charge in [0, 0.05) is 29.1 Å². The standard InChI is InChI=1S/C21H22Cl2FN5O2S/c1-10-19(23)20(32-28-10)27-21-25-6-11-4-14(22)13(5-16(11)26-21)12-2-3-29(7-15(12)24)17-8-31-9-18(17)30/h4-6,12,15,17-18,30H,2-3,7-9H2,1H3,(H,25,26,27)/t12-,15+,17?,18-/m0/s1. The van der Waals surface area contributed by atoms with Crippen LogP contribution in [0.5, 0.6) is 0 Å². The van der Waals surface area contributed by atoms with Crippen molar-refractivity contribution in [2.75, 3.05) is 31.6 Å². The Morgan fingerprint density at radius 3 is 2.84 bits per heavy atom. The van der Waals surface area contributed by atoms with Gasteiger partial charge in [0.15, 0.2) is 0 Å². The average molecular weight is 498 g/mol. The summed E-state index contributed by atoms with van der Waals surface area (Å²) in [4.78, 5) is 10.9. The van der Waals surface area contributed by atoms with E-state index >= 15 is 4.39 Å². The van der Waals surface area contributed by atoms with E-state index in [4.69, 9.17) is 27.9 Å². The highest BCUT2D eigenvalue weighted by atomic mass is 35.5. The third kappa shape index (κ3) is 4.18. The van der Waals surface area contributed by atoms with Gasteiger partial charge in [-0.2, -0.15) is 4.37 Å². The van der Waals surface area contributed by atoms with Crippen LogP contribution in [-0.2, 0) is 4.74 Å². The summed E-state index contributed by atoms with van der Waals surface area (Å²) in [5.41, 5.74) is 2.16. The summed E-state index contributed by atoms with van der Waals surface area (Å²) >= 11 is 14.0. The molecule has 2 N–H and O–H groups in total. The molecule has 0 amide bonds. The average Bonchev–Trinajstić information content (AvgIpc) is 3.34. The van der Waals surface area contributed by atoms with Crippen LogP contribution in [0.1, 0.15) is 23.6 Å². The number of aryl methyl sites for hydroxylation is 1. The lowest BCUT2D eigenvalue weighted by Gasteiger charge is -2.39. The van der Waals surface area contributed by atoms with Gasteiger partial charge in [0.25, 0.3) is 0 Å². The summed E-state index contributed by atoms with van der Waals surface area (Å²) in [6.45, 7) is 3.48. The van der Waals surface area contributed by atoms with E-state index in [0.717, 1.165) is 16.6 Å². The number of aliphatic hydroxyl groups is 1. The first-order valence-corrected chi connectivity index (χ1v) is 11.9. The smallest absolute Gasteiger partial charge is 0.228 e. The Hall–Kier alpha value is -1.62. The second kappa shape index (κ2) is 8.96. The van der Waals surface area contributed by atoms with Crippen molar-refractivity contribution >= 4 is 56.6 Å². The molecular formula is C21H22Cl2FN5O2S. The Morgan fingerprint density at radius 2 is 2.16 bits per heavy atom. The molecule has 0 aliphatic carbocycles. The largest absolute Gasteiger partial charge is 0.389 e. The molecule has 0 radical (unpaired) electrons. The van der Waals surface area contributed by atoms with Crippen molar-refractivity contribution in [2.45, 2.75) is 37.6 Å². The molecule has 32 heavy (non-hydrogen) atoms. The molecule has 1 aromatic carbocycles. The number of likely N-dealkylation sites (tertiary alicyclic amines) is 1. The molecule has 11 heteroatoms. The Morgan fingerprint density at radius 1 is 1.31 bits per heavy atom. The van der Waals surface area contributed by atoms with E-state index in [1.54, 1.807) is 12.3 Å². The lowest BCUT2D eigenvalue weighted by Crippen LogP contribution is -2.50. The van der Waals surface area contributed by atoms with Crippen molar-refractivity contribution < 1.29 is 14.2 Å². The number of ether oxygens (including phenoxy) is 1. The number of alkyl halides is 1. The molecule has 2 aliphatic rings. The fraction of sp³-hybridized carbons (Fsp3) is 0.476. The number of fused-ring (bicyclic) bond motifs is 1. The molecule has 5 rings (SSSR count). The fourth-order valence-electron chi connectivity index (χ4n) is 4.41. The molecule has 2 aliphatic heterocycles. The van der Waals surface area contributed by atoms with Crippen molar-refractivity contribution in [1.82, 2.24) is 19.2 Å². The minimum atomic E-state index is -1.11. The highest BCUT2D eigenvalue weighted by Gasteiger charge is 2.39. The van der Waals surface area contributed by atoms with Gasteiger partial charge in [0.2, 0.25) is 5.95 Å². The third-order valence-corrected chi connectivity index (χ3v) is 7.93. The van der Waals surface area contributed by atoms with Gasteiger partial charge in [-0.1, -0.05) is 23.2 Å². The van der Waals surface area contributed by atoms with Crippen LogP contribution in [0.15, 0.2) is 18.3 Å². The molecule has 0 saturated carbocycles. The molecular weight excluding hydrogens is 476 g/mol. The number of aliphatic hydroxyl groups excluding tert-OH is 1. The molecule has 170 valence electrons. The van der Waals surface area contributed by atoms with Crippen LogP contribution in [0, 0.1) is 6.92 Å². The van der Waals surface area contributed by atoms with E-state index in [9.17, 15) is 5.11 Å². The molecule has 7 nitrogen and oxygen atoms in total. The maximum Gasteiger partial charge on any atom is 0.228 e. The highest BCUT2D eigenvalue weighted by molar-refractivity contribution is 7.11. The molecule has 2 saturated heterocycles. The van der Waals surface area contributed by atoms with Gasteiger partial charge in [-0.25, -0.2) is 14.4 Å². The van der Waals surface area contributed by atoms with Crippen LogP contribution in [0.25, 0.3) is 10.9 Å². The number of halogens is 3. The molecule has 2 aromatic heterocycles. The zero-order chi connectivity index (χ0) is 22.4. The first-order chi connectivity index (χ1) is 15.4. The predicted octanol–water partition coefficient (Wildman–Crippen LogP) is 4.33. The van der Waals surface area contributed by atoms with Gasteiger partial charge in [0.05, 0.1) is 41.6 Å². The zero-order valence-corrected chi connectivity index (χ0v) is 19.6. The predicted molar refractivity (Wildman–Crippen MR) is 124 cm³/mol. The van der Waals surface area contributed by atoms with Crippen molar-refractivity contribution in [3.05, 3.63) is 39.6 Å². The summed E-state index contributed by atoms with van der Waals surface area (Å²) in [7, 11) is 0. The minimum Gasteiger partial charge on any atom is -0.389 e. The quantitative estimate of drug-likeness (QED) is 0.554. The van der Waals surface area contributed by atoms with Crippen LogP contribution >= 0.6 is 34.7 Å². The number of aromatic nitrogens is 3. The second-order valence-corrected chi connectivity index (χ2v) is 9.80. The maximum atomic E-state index is 15.3. The Kier molecular flexibility index (Phi) is 6.21. The number of nitrogens with one attached hydrogen (secondary N) is 1. The summed E-state index contributed by atoms with van der Waals surface area (Å²) in [5, 5.41) is 15.7. The van der Waals surface area contributed by atoms with Crippen molar-refractivity contribution in [1.29, 1.82) is 0 Å². The number of hydrogen-bond acceptors (Lipinski definition) is 8. The van der Waals surface area contributed by atoms with E-state index in [0.29, 0.717) is 52.7 Å². The van der Waals surface area contributed by atoms with Gasteiger partial charge < -0.3 is 15.2 Å². The van der Waals surface area contributed by atoms with E-state index in [1.165, 1.54) is 11.5 Å². The number of anilines is 2. The van der Waals surface area contributed by atoms with Crippen molar-refractivity contribution in [2.24, 2.45) is 0 Å². The van der Waals surface area contributed by atoms with Gasteiger partial charge in [-0.15, -0.1) is 0 Å². The maximum absolute atomic E-state index is 15.3. The number of piperidine rings is 1. The summed E-state index contributed by atoms with van der Waals surface area (Å²) < 4.78 is 24.8. The SMILES string of the molecule is Cc1nsc(Nc2ncc3cc(Cl)c([C@@H]4CCN(C5COC[C@@H]5O)C[C@H]4F)cc3n2)c1Cl. The molecule has 4 atom stereocenters. The Bertz CT molecular complexity index is 1150. The number of benzene rings is 1. The fourth-order valence-corrected chi connectivity index (χ4v) is 5.65. The first-order valence-electron chi connectivity index (χ1n) is 10.4. The zero-order valence-electron chi connectivity index (χ0n) is 17.3. The molecule has 2 fully saturated rings. The van der Waals surface area contributed by atoms with Crippen LogP contribution < -0.4 is 5.32 Å². The normalized spacial score (nSPS) is 26.7. The van der Waals surface area contributed by atoms with Crippen molar-refractivity contribution in [3.8, 4) is 0 Å². The first kappa shape index (κ1) is 22.2. The summed E-state index contributed by atoms with van der Waals surface area (Å²) in [6.07, 6.45) is 0.604. The molecule has 0 bridgehead atoms. The second-order valence-electron chi connectivity index (χ2n) is 8.24. The topological polar surface area (TPSA) is 83.4 Å². The molecule has 1 unspecified atom stereocenters. The number of hydrogen-bond donors (Lipinski definition) is 2. The van der Waals surface area contributed by atoms with Gasteiger partial charge >= 0.3 is 0 Å². The van der Waals surface area contributed by atoms with Crippen LogP contribution in [0.4, 0.5) is 15.3 Å². The number of nitrogens with zero attached hydrogens (tertiary/aromatic N) is 4. The van der Waals surface area contributed by atoms with E-state index in [1.807, 2.05) is 17.9 Å². The van der Waals surface area contributed by atoms with Crippen LogP contribution in [0.3, 0.4) is 0 Å². The van der Waals surface area contributed by atoms with Crippen molar-refractivity contribution in [3.63, 3.8) is 0 Å². The van der Waals surface area contributed by atoms with E-state index in [2.05, 4.69) is 19.7 Å². The van der Waals surface area contributed by atoms with E-state index in [-0.39, 0.29) is 18.5 Å². The summed E-state index contributed by atoms with van der Waals surface area (Å²) in [5.74, 6) is 0.0470. The monoisotopic (exact) mass is 497 g/mol. The highest BCUT2D eigenvalue weighted by Crippen LogP contribution is 2.38.